The summed E-state index contributed by atoms with van der Waals surface area (Å²) in [7, 11) is 0. The van der Waals surface area contributed by atoms with Crippen LogP contribution in [0.1, 0.15) is 45.6 Å². The van der Waals surface area contributed by atoms with Crippen molar-refractivity contribution < 1.29 is 0 Å². The summed E-state index contributed by atoms with van der Waals surface area (Å²) in [6.45, 7) is 9.18. The molecule has 1 heteroatoms. The maximum atomic E-state index is 3.63. The summed E-state index contributed by atoms with van der Waals surface area (Å²) >= 11 is 0. The molecule has 0 spiro atoms. The van der Waals surface area contributed by atoms with Crippen molar-refractivity contribution >= 4 is 10.8 Å². The third-order valence-corrected chi connectivity index (χ3v) is 4.33. The first-order valence-electron chi connectivity index (χ1n) is 8.36. The second kappa shape index (κ2) is 7.61. The van der Waals surface area contributed by atoms with Crippen LogP contribution in [0.3, 0.4) is 0 Å². The van der Waals surface area contributed by atoms with Crippen LogP contribution in [0, 0.1) is 5.41 Å². The lowest BCUT2D eigenvalue weighted by molar-refractivity contribution is 0.276. The molecule has 0 amide bonds. The quantitative estimate of drug-likeness (QED) is 0.657. The van der Waals surface area contributed by atoms with E-state index in [0.29, 0.717) is 5.41 Å². The number of benzene rings is 2. The zero-order chi connectivity index (χ0) is 15.1. The number of hydrogen-bond donors (Lipinski definition) is 1. The second-order valence-electron chi connectivity index (χ2n) is 6.55. The predicted molar refractivity (Wildman–Crippen MR) is 93.8 cm³/mol. The first-order chi connectivity index (χ1) is 10.2. The molecule has 1 unspecified atom stereocenters. The van der Waals surface area contributed by atoms with Crippen molar-refractivity contribution in [1.29, 1.82) is 0 Å². The van der Waals surface area contributed by atoms with Gasteiger partial charge in [0.1, 0.15) is 0 Å². The maximum absolute atomic E-state index is 3.63. The lowest BCUT2D eigenvalue weighted by Gasteiger charge is -2.30. The molecule has 0 aliphatic carbocycles. The van der Waals surface area contributed by atoms with Gasteiger partial charge in [0, 0.05) is 6.54 Å². The molecule has 2 aromatic rings. The van der Waals surface area contributed by atoms with Crippen LogP contribution in [0.4, 0.5) is 0 Å². The third-order valence-electron chi connectivity index (χ3n) is 4.33. The minimum Gasteiger partial charge on any atom is -0.316 e. The number of nitrogens with one attached hydrogen (secondary N) is 1. The average Bonchev–Trinajstić information content (AvgIpc) is 2.48. The molecule has 0 aliphatic rings. The highest BCUT2D eigenvalue weighted by atomic mass is 14.9. The van der Waals surface area contributed by atoms with E-state index in [4.69, 9.17) is 0 Å². The molecule has 1 nitrogen and oxygen atoms in total. The molecule has 2 rings (SSSR count). The van der Waals surface area contributed by atoms with Gasteiger partial charge in [-0.05, 0) is 47.6 Å². The van der Waals surface area contributed by atoms with Gasteiger partial charge in [-0.2, -0.15) is 0 Å². The molecule has 0 saturated heterocycles. The molecule has 0 saturated carbocycles. The molecule has 0 aliphatic heterocycles. The Morgan fingerprint density at radius 1 is 0.952 bits per heavy atom. The van der Waals surface area contributed by atoms with Gasteiger partial charge in [-0.3, -0.25) is 0 Å². The van der Waals surface area contributed by atoms with Crippen LogP contribution in [0.2, 0.25) is 0 Å². The lowest BCUT2D eigenvalue weighted by atomic mass is 9.78. The van der Waals surface area contributed by atoms with Gasteiger partial charge in [0.05, 0.1) is 0 Å². The van der Waals surface area contributed by atoms with E-state index < -0.39 is 0 Å². The fourth-order valence-electron chi connectivity index (χ4n) is 3.32. The lowest BCUT2D eigenvalue weighted by Crippen LogP contribution is -2.34. The van der Waals surface area contributed by atoms with E-state index >= 15 is 0 Å². The monoisotopic (exact) mass is 283 g/mol. The minimum atomic E-state index is 0.341. The zero-order valence-electron chi connectivity index (χ0n) is 13.8. The van der Waals surface area contributed by atoms with Gasteiger partial charge in [0.25, 0.3) is 0 Å². The van der Waals surface area contributed by atoms with Crippen molar-refractivity contribution in [1.82, 2.24) is 5.32 Å². The summed E-state index contributed by atoms with van der Waals surface area (Å²) in [6, 6.07) is 15.5. The van der Waals surface area contributed by atoms with Crippen molar-refractivity contribution in [3.05, 3.63) is 48.0 Å². The predicted octanol–water partition coefficient (Wildman–Crippen LogP) is 5.19. The number of hydrogen-bond acceptors (Lipinski definition) is 1. The first kappa shape index (κ1) is 16.0. The van der Waals surface area contributed by atoms with E-state index in [1.54, 1.807) is 0 Å². The van der Waals surface area contributed by atoms with E-state index in [0.717, 1.165) is 19.5 Å². The van der Waals surface area contributed by atoms with Crippen molar-refractivity contribution in [2.24, 2.45) is 5.41 Å². The molecule has 21 heavy (non-hydrogen) atoms. The Morgan fingerprint density at radius 3 is 2.48 bits per heavy atom. The fourth-order valence-corrected chi connectivity index (χ4v) is 3.32. The molecule has 0 aromatic heterocycles. The number of rotatable bonds is 8. The van der Waals surface area contributed by atoms with Crippen molar-refractivity contribution in [2.75, 3.05) is 13.1 Å². The Kier molecular flexibility index (Phi) is 5.81. The molecule has 0 fully saturated rings. The highest BCUT2D eigenvalue weighted by Crippen LogP contribution is 2.31. The van der Waals surface area contributed by atoms with Gasteiger partial charge in [-0.1, -0.05) is 69.7 Å². The highest BCUT2D eigenvalue weighted by Gasteiger charge is 2.24. The van der Waals surface area contributed by atoms with Gasteiger partial charge >= 0.3 is 0 Å². The summed E-state index contributed by atoms with van der Waals surface area (Å²) in [4.78, 5) is 0. The summed E-state index contributed by atoms with van der Waals surface area (Å²) in [6.07, 6.45) is 4.87. The topological polar surface area (TPSA) is 12.0 Å². The summed E-state index contributed by atoms with van der Waals surface area (Å²) in [5.74, 6) is 0. The van der Waals surface area contributed by atoms with Crippen molar-refractivity contribution in [3.8, 4) is 0 Å². The Hall–Kier alpha value is -1.34. The van der Waals surface area contributed by atoms with Crippen LogP contribution in [0.25, 0.3) is 10.8 Å². The number of fused-ring (bicyclic) bond motifs is 1. The van der Waals surface area contributed by atoms with E-state index in [1.807, 2.05) is 0 Å². The van der Waals surface area contributed by atoms with Gasteiger partial charge in [0.2, 0.25) is 0 Å². The molecule has 0 bridgehead atoms. The van der Waals surface area contributed by atoms with Crippen LogP contribution in [0.15, 0.2) is 42.5 Å². The Morgan fingerprint density at radius 2 is 1.71 bits per heavy atom. The zero-order valence-corrected chi connectivity index (χ0v) is 13.8. The SMILES string of the molecule is CCCNCC(C)(CCC)Cc1cccc2ccccc12. The molecule has 2 aromatic carbocycles. The van der Waals surface area contributed by atoms with Gasteiger partial charge in [-0.15, -0.1) is 0 Å². The molecule has 0 heterocycles. The molecule has 114 valence electrons. The van der Waals surface area contributed by atoms with Crippen LogP contribution in [-0.4, -0.2) is 13.1 Å². The fraction of sp³-hybridized carbons (Fsp3) is 0.500. The normalized spacial score (nSPS) is 14.2. The van der Waals surface area contributed by atoms with E-state index in [1.165, 1.54) is 35.6 Å². The van der Waals surface area contributed by atoms with Crippen molar-refractivity contribution in [3.63, 3.8) is 0 Å². The van der Waals surface area contributed by atoms with E-state index in [-0.39, 0.29) is 0 Å². The largest absolute Gasteiger partial charge is 0.316 e. The Balaban J connectivity index is 2.21. The third kappa shape index (κ3) is 4.31. The van der Waals surface area contributed by atoms with E-state index in [2.05, 4.69) is 68.6 Å². The van der Waals surface area contributed by atoms with Crippen molar-refractivity contribution in [2.45, 2.75) is 46.5 Å². The van der Waals surface area contributed by atoms with Crippen LogP contribution in [-0.2, 0) is 6.42 Å². The second-order valence-corrected chi connectivity index (χ2v) is 6.55. The molecule has 1 N–H and O–H groups in total. The molecular formula is C20H29N. The first-order valence-corrected chi connectivity index (χ1v) is 8.36. The van der Waals surface area contributed by atoms with E-state index in [9.17, 15) is 0 Å². The van der Waals surface area contributed by atoms with Crippen LogP contribution in [0.5, 0.6) is 0 Å². The van der Waals surface area contributed by atoms with Crippen LogP contribution >= 0.6 is 0 Å². The summed E-state index contributed by atoms with van der Waals surface area (Å²) < 4.78 is 0. The van der Waals surface area contributed by atoms with Gasteiger partial charge in [0.15, 0.2) is 0 Å². The molecular weight excluding hydrogens is 254 g/mol. The Labute approximate surface area is 129 Å². The summed E-state index contributed by atoms with van der Waals surface area (Å²) in [5.41, 5.74) is 1.83. The minimum absolute atomic E-state index is 0.341. The van der Waals surface area contributed by atoms with Crippen LogP contribution < -0.4 is 5.32 Å². The smallest absolute Gasteiger partial charge is 0.000835 e. The standard InChI is InChI=1S/C20H29N/c1-4-13-20(3,16-21-14-5-2)15-18-11-8-10-17-9-6-7-12-19(17)18/h6-12,21H,4-5,13-16H2,1-3H3. The highest BCUT2D eigenvalue weighted by molar-refractivity contribution is 5.85. The maximum Gasteiger partial charge on any atom is 0.000835 e. The average molecular weight is 283 g/mol. The van der Waals surface area contributed by atoms with Gasteiger partial charge in [-0.25, -0.2) is 0 Å². The Bertz CT molecular complexity index is 555. The van der Waals surface area contributed by atoms with Gasteiger partial charge < -0.3 is 5.32 Å². The summed E-state index contributed by atoms with van der Waals surface area (Å²) in [5, 5.41) is 6.40. The molecule has 1 atom stereocenters. The molecule has 0 radical (unpaired) electrons.